The van der Waals surface area contributed by atoms with Gasteiger partial charge in [-0.3, -0.25) is 0 Å². The zero-order valence-corrected chi connectivity index (χ0v) is 11.7. The second-order valence-electron chi connectivity index (χ2n) is 4.42. The predicted molar refractivity (Wildman–Crippen MR) is 75.1 cm³/mol. The molecule has 0 saturated carbocycles. The number of hydrogen-bond acceptors (Lipinski definition) is 2. The highest BCUT2D eigenvalue weighted by Gasteiger charge is 2.15. The molecule has 2 aromatic rings. The van der Waals surface area contributed by atoms with E-state index in [4.69, 9.17) is 11.6 Å². The molecule has 0 aliphatic heterocycles. The quantitative estimate of drug-likeness (QED) is 0.775. The zero-order valence-electron chi connectivity index (χ0n) is 10.9. The van der Waals surface area contributed by atoms with E-state index in [2.05, 4.69) is 35.9 Å². The molecule has 0 saturated heterocycles. The zero-order chi connectivity index (χ0) is 13.1. The van der Waals surface area contributed by atoms with Gasteiger partial charge in [-0.05, 0) is 18.9 Å². The molecular weight excluding hydrogens is 244 g/mol. The van der Waals surface area contributed by atoms with E-state index < -0.39 is 0 Å². The van der Waals surface area contributed by atoms with Gasteiger partial charge in [0.25, 0.3) is 0 Å². The third kappa shape index (κ3) is 2.54. The summed E-state index contributed by atoms with van der Waals surface area (Å²) in [5.74, 6) is 0.953. The molecule has 0 bridgehead atoms. The molecule has 18 heavy (non-hydrogen) atoms. The average molecular weight is 261 g/mol. The molecule has 0 spiro atoms. The fourth-order valence-corrected chi connectivity index (χ4v) is 2.42. The van der Waals surface area contributed by atoms with Crippen molar-refractivity contribution in [3.8, 4) is 0 Å². The van der Waals surface area contributed by atoms with Crippen LogP contribution in [0.3, 0.4) is 0 Å². The Hall–Kier alpha value is -1.41. The largest absolute Gasteiger partial charge is 0.237 e. The van der Waals surface area contributed by atoms with Gasteiger partial charge in [0.05, 0.1) is 0 Å². The summed E-state index contributed by atoms with van der Waals surface area (Å²) in [6, 6.07) is 10.2. The maximum atomic E-state index is 6.22. The minimum atomic E-state index is 0.160. The number of rotatable bonds is 3. The molecule has 0 aliphatic rings. The SMILES string of the molecule is CCc1c(C)nc(C(C)c2ccccc2)nc1Cl. The molecule has 1 atom stereocenters. The molecule has 2 rings (SSSR count). The van der Waals surface area contributed by atoms with Crippen LogP contribution in [0.1, 0.15) is 42.4 Å². The summed E-state index contributed by atoms with van der Waals surface area (Å²) in [7, 11) is 0. The minimum absolute atomic E-state index is 0.160. The fourth-order valence-electron chi connectivity index (χ4n) is 2.07. The Morgan fingerprint density at radius 1 is 1.17 bits per heavy atom. The first-order chi connectivity index (χ1) is 8.63. The molecule has 0 radical (unpaired) electrons. The Kier molecular flexibility index (Phi) is 3.97. The third-order valence-corrected chi connectivity index (χ3v) is 3.53. The van der Waals surface area contributed by atoms with Gasteiger partial charge in [0, 0.05) is 17.2 Å². The van der Waals surface area contributed by atoms with Crippen molar-refractivity contribution in [1.29, 1.82) is 0 Å². The van der Waals surface area contributed by atoms with Crippen molar-refractivity contribution in [3.63, 3.8) is 0 Å². The molecule has 1 unspecified atom stereocenters. The summed E-state index contributed by atoms with van der Waals surface area (Å²) >= 11 is 6.22. The van der Waals surface area contributed by atoms with Gasteiger partial charge < -0.3 is 0 Å². The monoisotopic (exact) mass is 260 g/mol. The Morgan fingerprint density at radius 2 is 1.83 bits per heavy atom. The molecule has 2 nitrogen and oxygen atoms in total. The first kappa shape index (κ1) is 13.0. The second kappa shape index (κ2) is 5.49. The molecule has 0 fully saturated rings. The highest BCUT2D eigenvalue weighted by Crippen LogP contribution is 2.24. The van der Waals surface area contributed by atoms with Gasteiger partial charge in [0.15, 0.2) is 0 Å². The van der Waals surface area contributed by atoms with Crippen LogP contribution in [-0.2, 0) is 6.42 Å². The molecule has 1 aromatic carbocycles. The number of aryl methyl sites for hydroxylation is 1. The van der Waals surface area contributed by atoms with Gasteiger partial charge in [-0.15, -0.1) is 0 Å². The van der Waals surface area contributed by atoms with E-state index in [1.165, 1.54) is 5.56 Å². The van der Waals surface area contributed by atoms with Crippen molar-refractivity contribution in [2.24, 2.45) is 0 Å². The molecule has 94 valence electrons. The van der Waals surface area contributed by atoms with E-state index in [1.807, 2.05) is 25.1 Å². The lowest BCUT2D eigenvalue weighted by Gasteiger charge is -2.13. The van der Waals surface area contributed by atoms with Crippen LogP contribution in [0.25, 0.3) is 0 Å². The highest BCUT2D eigenvalue weighted by molar-refractivity contribution is 6.30. The Balaban J connectivity index is 2.41. The fraction of sp³-hybridized carbons (Fsp3) is 0.333. The molecule has 0 amide bonds. The van der Waals surface area contributed by atoms with Crippen molar-refractivity contribution in [3.05, 3.63) is 58.1 Å². The normalized spacial score (nSPS) is 12.4. The maximum Gasteiger partial charge on any atom is 0.137 e. The van der Waals surface area contributed by atoms with Crippen molar-refractivity contribution in [2.45, 2.75) is 33.1 Å². The van der Waals surface area contributed by atoms with Crippen LogP contribution in [-0.4, -0.2) is 9.97 Å². The standard InChI is InChI=1S/C15H17ClN2/c1-4-13-11(3)17-15(18-14(13)16)10(2)12-8-6-5-7-9-12/h5-10H,4H2,1-3H3. The van der Waals surface area contributed by atoms with Crippen molar-refractivity contribution >= 4 is 11.6 Å². The number of benzene rings is 1. The van der Waals surface area contributed by atoms with E-state index in [0.717, 1.165) is 23.5 Å². The lowest BCUT2D eigenvalue weighted by Crippen LogP contribution is -2.07. The van der Waals surface area contributed by atoms with Gasteiger partial charge in [-0.2, -0.15) is 0 Å². The molecule has 3 heteroatoms. The van der Waals surface area contributed by atoms with Crippen LogP contribution < -0.4 is 0 Å². The predicted octanol–water partition coefficient (Wildman–Crippen LogP) is 4.15. The average Bonchev–Trinajstić information content (AvgIpc) is 2.38. The van der Waals surface area contributed by atoms with Crippen LogP contribution in [0.15, 0.2) is 30.3 Å². The second-order valence-corrected chi connectivity index (χ2v) is 4.78. The van der Waals surface area contributed by atoms with Gasteiger partial charge in [0.2, 0.25) is 0 Å². The Labute approximate surface area is 113 Å². The van der Waals surface area contributed by atoms with Crippen LogP contribution in [0.5, 0.6) is 0 Å². The first-order valence-electron chi connectivity index (χ1n) is 6.21. The minimum Gasteiger partial charge on any atom is -0.237 e. The van der Waals surface area contributed by atoms with Crippen LogP contribution in [0.4, 0.5) is 0 Å². The molecule has 0 aliphatic carbocycles. The van der Waals surface area contributed by atoms with Crippen molar-refractivity contribution in [1.82, 2.24) is 9.97 Å². The lowest BCUT2D eigenvalue weighted by atomic mass is 10.0. The first-order valence-corrected chi connectivity index (χ1v) is 6.59. The maximum absolute atomic E-state index is 6.22. The van der Waals surface area contributed by atoms with Crippen LogP contribution >= 0.6 is 11.6 Å². The molecular formula is C15H17ClN2. The van der Waals surface area contributed by atoms with E-state index >= 15 is 0 Å². The highest BCUT2D eigenvalue weighted by atomic mass is 35.5. The molecule has 0 N–H and O–H groups in total. The van der Waals surface area contributed by atoms with Gasteiger partial charge >= 0.3 is 0 Å². The number of nitrogens with zero attached hydrogens (tertiary/aromatic N) is 2. The van der Waals surface area contributed by atoms with E-state index in [1.54, 1.807) is 0 Å². The topological polar surface area (TPSA) is 25.8 Å². The summed E-state index contributed by atoms with van der Waals surface area (Å²) in [4.78, 5) is 9.02. The number of hydrogen-bond donors (Lipinski definition) is 0. The van der Waals surface area contributed by atoms with Gasteiger partial charge in [0.1, 0.15) is 11.0 Å². The number of halogens is 1. The lowest BCUT2D eigenvalue weighted by molar-refractivity contribution is 0.794. The van der Waals surface area contributed by atoms with E-state index in [-0.39, 0.29) is 5.92 Å². The summed E-state index contributed by atoms with van der Waals surface area (Å²) in [5.41, 5.74) is 3.23. The Morgan fingerprint density at radius 3 is 2.39 bits per heavy atom. The molecule has 1 heterocycles. The van der Waals surface area contributed by atoms with Gasteiger partial charge in [-0.1, -0.05) is 55.8 Å². The smallest absolute Gasteiger partial charge is 0.137 e. The van der Waals surface area contributed by atoms with Gasteiger partial charge in [-0.25, -0.2) is 9.97 Å². The van der Waals surface area contributed by atoms with Crippen molar-refractivity contribution < 1.29 is 0 Å². The van der Waals surface area contributed by atoms with Crippen LogP contribution in [0.2, 0.25) is 5.15 Å². The van der Waals surface area contributed by atoms with E-state index in [0.29, 0.717) is 5.15 Å². The summed E-state index contributed by atoms with van der Waals surface area (Å²) in [5, 5.41) is 0.586. The summed E-state index contributed by atoms with van der Waals surface area (Å²) < 4.78 is 0. The summed E-state index contributed by atoms with van der Waals surface area (Å²) in [6.45, 7) is 6.16. The Bertz CT molecular complexity index is 514. The summed E-state index contributed by atoms with van der Waals surface area (Å²) in [6.07, 6.45) is 0.866. The van der Waals surface area contributed by atoms with E-state index in [9.17, 15) is 0 Å². The number of aromatic nitrogens is 2. The van der Waals surface area contributed by atoms with Crippen LogP contribution in [0, 0.1) is 6.92 Å². The molecule has 1 aromatic heterocycles. The third-order valence-electron chi connectivity index (χ3n) is 3.22. The van der Waals surface area contributed by atoms with Crippen molar-refractivity contribution in [2.75, 3.05) is 0 Å².